The maximum Gasteiger partial charge on any atom is 0.186 e. The first-order valence-electron chi connectivity index (χ1n) is 9.99. The number of phenols is 2. The van der Waals surface area contributed by atoms with E-state index >= 15 is 0 Å². The van der Waals surface area contributed by atoms with E-state index in [0.717, 1.165) is 5.56 Å². The van der Waals surface area contributed by atoms with Crippen LogP contribution in [0.1, 0.15) is 17.2 Å². The molecule has 0 saturated carbocycles. The molecule has 7 atom stereocenters. The van der Waals surface area contributed by atoms with Crippen molar-refractivity contribution in [2.75, 3.05) is 13.7 Å². The van der Waals surface area contributed by atoms with Gasteiger partial charge in [0.2, 0.25) is 0 Å². The lowest BCUT2D eigenvalue weighted by Crippen LogP contribution is -2.60. The molecule has 2 aromatic carbocycles. The smallest absolute Gasteiger partial charge is 0.186 e. The van der Waals surface area contributed by atoms with E-state index in [2.05, 4.69) is 0 Å². The highest BCUT2D eigenvalue weighted by Gasteiger charge is 2.48. The Morgan fingerprint density at radius 3 is 2.32 bits per heavy atom. The van der Waals surface area contributed by atoms with E-state index in [1.807, 2.05) is 0 Å². The fourth-order valence-corrected chi connectivity index (χ4v) is 4.02. The number of aromatic hydroxyl groups is 2. The molecule has 0 bridgehead atoms. The lowest BCUT2D eigenvalue weighted by atomic mass is 9.96. The molecule has 2 aromatic rings. The van der Waals surface area contributed by atoms with Crippen LogP contribution in [0.15, 0.2) is 42.5 Å². The number of hydrogen-bond acceptors (Lipinski definition) is 9. The van der Waals surface area contributed by atoms with Crippen molar-refractivity contribution in [3.63, 3.8) is 0 Å². The van der Waals surface area contributed by atoms with Gasteiger partial charge in [-0.05, 0) is 29.8 Å². The molecular weight excluding hydrogens is 408 g/mol. The third kappa shape index (κ3) is 4.33. The van der Waals surface area contributed by atoms with Gasteiger partial charge in [-0.25, -0.2) is 0 Å². The highest BCUT2D eigenvalue weighted by Crippen LogP contribution is 2.44. The van der Waals surface area contributed by atoms with Crippen LogP contribution in [0.5, 0.6) is 17.2 Å². The summed E-state index contributed by atoms with van der Waals surface area (Å²) in [4.78, 5) is 0. The molecule has 1 saturated heterocycles. The van der Waals surface area contributed by atoms with Gasteiger partial charge in [0.25, 0.3) is 0 Å². The first kappa shape index (κ1) is 21.8. The third-order valence-corrected chi connectivity index (χ3v) is 5.65. The van der Waals surface area contributed by atoms with Crippen molar-refractivity contribution < 1.29 is 44.5 Å². The number of fused-ring (bicyclic) bond motifs is 1. The van der Waals surface area contributed by atoms with Gasteiger partial charge in [-0.15, -0.1) is 0 Å². The zero-order chi connectivity index (χ0) is 22.1. The van der Waals surface area contributed by atoms with Gasteiger partial charge in [0, 0.05) is 25.2 Å². The van der Waals surface area contributed by atoms with Crippen molar-refractivity contribution in [3.8, 4) is 17.2 Å². The number of ether oxygens (including phenoxy) is 4. The van der Waals surface area contributed by atoms with E-state index in [-0.39, 0.29) is 11.5 Å². The minimum Gasteiger partial charge on any atom is -0.508 e. The van der Waals surface area contributed by atoms with Crippen molar-refractivity contribution in [1.29, 1.82) is 0 Å². The Kier molecular flexibility index (Phi) is 6.33. The lowest BCUT2D eigenvalue weighted by molar-refractivity contribution is -0.313. The summed E-state index contributed by atoms with van der Waals surface area (Å²) in [6, 6.07) is 11.4. The fourth-order valence-electron chi connectivity index (χ4n) is 4.02. The molecule has 2 heterocycles. The summed E-state index contributed by atoms with van der Waals surface area (Å²) in [7, 11) is 1.38. The van der Waals surface area contributed by atoms with Crippen molar-refractivity contribution in [1.82, 2.24) is 0 Å². The van der Waals surface area contributed by atoms with Crippen LogP contribution in [0.2, 0.25) is 0 Å². The number of benzene rings is 2. The molecule has 5 N–H and O–H groups in total. The zero-order valence-electron chi connectivity index (χ0n) is 16.9. The Morgan fingerprint density at radius 2 is 1.65 bits per heavy atom. The van der Waals surface area contributed by atoms with Gasteiger partial charge in [-0.2, -0.15) is 0 Å². The van der Waals surface area contributed by atoms with E-state index < -0.39 is 49.5 Å². The fraction of sp³-hybridized carbons (Fsp3) is 0.455. The summed E-state index contributed by atoms with van der Waals surface area (Å²) in [5.74, 6) is 0.637. The highest BCUT2D eigenvalue weighted by atomic mass is 16.7. The van der Waals surface area contributed by atoms with Crippen LogP contribution in [-0.2, 0) is 20.6 Å². The van der Waals surface area contributed by atoms with E-state index in [1.165, 1.54) is 19.2 Å². The molecule has 0 aromatic heterocycles. The summed E-state index contributed by atoms with van der Waals surface area (Å²) >= 11 is 0. The lowest BCUT2D eigenvalue weighted by Gasteiger charge is -2.42. The van der Waals surface area contributed by atoms with Crippen LogP contribution in [0, 0.1) is 0 Å². The normalized spacial score (nSPS) is 32.5. The number of aliphatic hydroxyl groups excluding tert-OH is 3. The summed E-state index contributed by atoms with van der Waals surface area (Å²) < 4.78 is 23.1. The van der Waals surface area contributed by atoms with E-state index in [4.69, 9.17) is 18.9 Å². The Labute approximate surface area is 179 Å². The third-order valence-electron chi connectivity index (χ3n) is 5.65. The van der Waals surface area contributed by atoms with Crippen molar-refractivity contribution in [2.24, 2.45) is 0 Å². The van der Waals surface area contributed by atoms with E-state index in [1.54, 1.807) is 30.3 Å². The summed E-state index contributed by atoms with van der Waals surface area (Å²) in [5, 5.41) is 49.7. The van der Waals surface area contributed by atoms with Crippen LogP contribution < -0.4 is 4.74 Å². The molecule has 0 spiro atoms. The topological polar surface area (TPSA) is 138 Å². The van der Waals surface area contributed by atoms with E-state index in [9.17, 15) is 25.5 Å². The maximum atomic E-state index is 10.6. The first-order valence-corrected chi connectivity index (χ1v) is 9.99. The van der Waals surface area contributed by atoms with Crippen LogP contribution in [0.25, 0.3) is 0 Å². The second-order valence-electron chi connectivity index (χ2n) is 7.71. The maximum absolute atomic E-state index is 10.6. The molecule has 0 radical (unpaired) electrons. The van der Waals surface area contributed by atoms with Crippen molar-refractivity contribution in [3.05, 3.63) is 53.6 Å². The van der Waals surface area contributed by atoms with Gasteiger partial charge in [-0.3, -0.25) is 0 Å². The number of phenolic OH excluding ortho intramolecular Hbond substituents is 2. The second kappa shape index (κ2) is 8.99. The summed E-state index contributed by atoms with van der Waals surface area (Å²) in [6.45, 7) is -0.483. The monoisotopic (exact) mass is 434 g/mol. The quantitative estimate of drug-likeness (QED) is 0.443. The predicted molar refractivity (Wildman–Crippen MR) is 107 cm³/mol. The molecular formula is C22H26O9. The van der Waals surface area contributed by atoms with Gasteiger partial charge < -0.3 is 44.5 Å². The second-order valence-corrected chi connectivity index (χ2v) is 7.71. The Bertz CT molecular complexity index is 885. The molecule has 0 unspecified atom stereocenters. The standard InChI is InChI=1S/C22H26O9/c1-28-22-21(19(27)18(26)17(10-23)30-22)31-20-14-7-6-13(25)9-15(14)29-16(20)8-11-2-4-12(24)5-3-11/h2-7,9,16-27H,8,10H2,1H3/t16-,17-,18-,19+,20+,21-,22-/m1/s1. The van der Waals surface area contributed by atoms with Gasteiger partial charge in [-0.1, -0.05) is 12.1 Å². The zero-order valence-corrected chi connectivity index (χ0v) is 16.9. The van der Waals surface area contributed by atoms with Gasteiger partial charge in [0.15, 0.2) is 6.29 Å². The minimum atomic E-state index is -1.37. The predicted octanol–water partition coefficient (Wildman–Crippen LogP) is 0.613. The Hall–Kier alpha value is -2.40. The Balaban J connectivity index is 1.61. The van der Waals surface area contributed by atoms with Crippen molar-refractivity contribution >= 4 is 0 Å². The minimum absolute atomic E-state index is 0.0415. The number of aliphatic hydroxyl groups is 3. The SMILES string of the molecule is CO[C@@H]1O[C@H](CO)[C@@H](O)[C@H](O)[C@H]1O[C@H]1c2ccc(O)cc2O[C@@H]1Cc1ccc(O)cc1. The molecule has 168 valence electrons. The van der Waals surface area contributed by atoms with E-state index in [0.29, 0.717) is 17.7 Å². The number of rotatable bonds is 6. The average molecular weight is 434 g/mol. The van der Waals surface area contributed by atoms with Crippen LogP contribution in [0.4, 0.5) is 0 Å². The van der Waals surface area contributed by atoms with Crippen LogP contribution in [0.3, 0.4) is 0 Å². The van der Waals surface area contributed by atoms with Gasteiger partial charge >= 0.3 is 0 Å². The van der Waals surface area contributed by atoms with Crippen molar-refractivity contribution in [2.45, 2.75) is 49.3 Å². The largest absolute Gasteiger partial charge is 0.508 e. The molecule has 2 aliphatic rings. The van der Waals surface area contributed by atoms with Crippen LogP contribution >= 0.6 is 0 Å². The Morgan fingerprint density at radius 1 is 0.935 bits per heavy atom. The highest BCUT2D eigenvalue weighted by molar-refractivity contribution is 5.45. The van der Waals surface area contributed by atoms with Gasteiger partial charge in [0.1, 0.15) is 53.9 Å². The van der Waals surface area contributed by atoms with Crippen LogP contribution in [-0.4, -0.2) is 76.1 Å². The molecule has 1 fully saturated rings. The molecule has 0 amide bonds. The summed E-state index contributed by atoms with van der Waals surface area (Å²) in [5.41, 5.74) is 1.56. The summed E-state index contributed by atoms with van der Waals surface area (Å²) in [6.07, 6.45) is -6.57. The number of methoxy groups -OCH3 is 1. The molecule has 9 nitrogen and oxygen atoms in total. The molecule has 4 rings (SSSR count). The number of hydrogen-bond donors (Lipinski definition) is 5. The molecule has 31 heavy (non-hydrogen) atoms. The average Bonchev–Trinajstić information content (AvgIpc) is 3.09. The first-order chi connectivity index (χ1) is 14.9. The van der Waals surface area contributed by atoms with Gasteiger partial charge in [0.05, 0.1) is 6.61 Å². The molecule has 0 aliphatic carbocycles. The molecule has 2 aliphatic heterocycles. The molecule has 9 heteroatoms.